The number of amides is 1. The number of hydrogen-bond donors (Lipinski definition) is 2. The minimum absolute atomic E-state index is 0.0299. The van der Waals surface area contributed by atoms with Crippen molar-refractivity contribution in [2.45, 2.75) is 17.5 Å². The van der Waals surface area contributed by atoms with Crippen LogP contribution in [0.3, 0.4) is 0 Å². The van der Waals surface area contributed by atoms with Crippen LogP contribution >= 0.6 is 0 Å². The summed E-state index contributed by atoms with van der Waals surface area (Å²) in [5.41, 5.74) is -0.0299. The Kier molecular flexibility index (Phi) is 7.20. The van der Waals surface area contributed by atoms with Crippen molar-refractivity contribution >= 4 is 15.9 Å². The summed E-state index contributed by atoms with van der Waals surface area (Å²) < 4.78 is 64.3. The summed E-state index contributed by atoms with van der Waals surface area (Å²) in [6.07, 6.45) is -3.99. The highest BCUT2D eigenvalue weighted by molar-refractivity contribution is 7.89. The lowest BCUT2D eigenvalue weighted by atomic mass is 10.2. The molecule has 0 bridgehead atoms. The number of carbonyl (C=O) groups is 1. The number of hydrogen-bond acceptors (Lipinski definition) is 5. The molecule has 0 fully saturated rings. The lowest BCUT2D eigenvalue weighted by Crippen LogP contribution is -2.34. The van der Waals surface area contributed by atoms with Gasteiger partial charge in [0.25, 0.3) is 5.91 Å². The SMILES string of the molecule is COc1ccc(S(N)(=O)=O)cc1C(=O)NCCCN(C)CC(F)(F)F. The Morgan fingerprint density at radius 3 is 2.52 bits per heavy atom. The average Bonchev–Trinajstić information content (AvgIpc) is 2.48. The fourth-order valence-corrected chi connectivity index (χ4v) is 2.61. The summed E-state index contributed by atoms with van der Waals surface area (Å²) in [4.78, 5) is 13.0. The van der Waals surface area contributed by atoms with Crippen molar-refractivity contribution in [3.8, 4) is 5.75 Å². The van der Waals surface area contributed by atoms with Gasteiger partial charge in [0.05, 0.1) is 24.1 Å². The van der Waals surface area contributed by atoms with Crippen LogP contribution in [0, 0.1) is 0 Å². The van der Waals surface area contributed by atoms with Gasteiger partial charge in [-0.3, -0.25) is 9.69 Å². The molecule has 0 aromatic heterocycles. The van der Waals surface area contributed by atoms with Crippen molar-refractivity contribution < 1.29 is 31.1 Å². The quantitative estimate of drug-likeness (QED) is 0.651. The Balaban J connectivity index is 2.66. The predicted molar refractivity (Wildman–Crippen MR) is 84.9 cm³/mol. The molecule has 0 atom stereocenters. The van der Waals surface area contributed by atoms with Crippen LogP contribution in [0.5, 0.6) is 5.75 Å². The molecule has 142 valence electrons. The number of nitrogens with zero attached hydrogens (tertiary/aromatic N) is 1. The van der Waals surface area contributed by atoms with E-state index in [2.05, 4.69) is 5.32 Å². The van der Waals surface area contributed by atoms with Gasteiger partial charge in [0.2, 0.25) is 10.0 Å². The number of alkyl halides is 3. The van der Waals surface area contributed by atoms with Crippen molar-refractivity contribution in [2.75, 3.05) is 33.8 Å². The highest BCUT2D eigenvalue weighted by atomic mass is 32.2. The number of carbonyl (C=O) groups excluding carboxylic acids is 1. The molecule has 1 amide bonds. The highest BCUT2D eigenvalue weighted by Crippen LogP contribution is 2.22. The second-order valence-corrected chi connectivity index (χ2v) is 6.93. The van der Waals surface area contributed by atoms with Gasteiger partial charge in [0.1, 0.15) is 5.75 Å². The number of methoxy groups -OCH3 is 1. The smallest absolute Gasteiger partial charge is 0.401 e. The van der Waals surface area contributed by atoms with Crippen molar-refractivity contribution in [2.24, 2.45) is 5.14 Å². The second kappa shape index (κ2) is 8.50. The molecule has 25 heavy (non-hydrogen) atoms. The molecular formula is C14H20F3N3O4S. The minimum atomic E-state index is -4.28. The van der Waals surface area contributed by atoms with Gasteiger partial charge in [-0.15, -0.1) is 0 Å². The van der Waals surface area contributed by atoms with Gasteiger partial charge in [-0.05, 0) is 38.2 Å². The molecule has 0 aliphatic carbocycles. The van der Waals surface area contributed by atoms with E-state index in [1.807, 2.05) is 0 Å². The number of rotatable bonds is 8. The van der Waals surface area contributed by atoms with Crippen molar-refractivity contribution in [3.05, 3.63) is 23.8 Å². The first kappa shape index (κ1) is 21.2. The Hall–Kier alpha value is -1.85. The second-order valence-electron chi connectivity index (χ2n) is 5.37. The molecule has 0 unspecified atom stereocenters. The van der Waals surface area contributed by atoms with Gasteiger partial charge in [-0.25, -0.2) is 13.6 Å². The first-order chi connectivity index (χ1) is 11.4. The maximum absolute atomic E-state index is 12.2. The Morgan fingerprint density at radius 1 is 1.36 bits per heavy atom. The molecule has 0 aliphatic rings. The summed E-state index contributed by atoms with van der Waals surface area (Å²) in [7, 11) is -1.34. The maximum Gasteiger partial charge on any atom is 0.401 e. The number of primary sulfonamides is 1. The van der Waals surface area contributed by atoms with E-state index in [1.54, 1.807) is 0 Å². The molecule has 0 heterocycles. The normalized spacial score (nSPS) is 12.3. The van der Waals surface area contributed by atoms with E-state index in [-0.39, 0.29) is 35.7 Å². The van der Waals surface area contributed by atoms with E-state index in [9.17, 15) is 26.4 Å². The summed E-state index contributed by atoms with van der Waals surface area (Å²) in [6, 6.07) is 3.59. The molecule has 1 rings (SSSR count). The fourth-order valence-electron chi connectivity index (χ4n) is 2.07. The van der Waals surface area contributed by atoms with Crippen LogP contribution < -0.4 is 15.2 Å². The van der Waals surface area contributed by atoms with Crippen LogP contribution in [0.4, 0.5) is 13.2 Å². The van der Waals surface area contributed by atoms with Crippen LogP contribution in [-0.2, 0) is 10.0 Å². The molecule has 0 radical (unpaired) electrons. The molecule has 3 N–H and O–H groups in total. The van der Waals surface area contributed by atoms with Crippen molar-refractivity contribution in [1.82, 2.24) is 10.2 Å². The number of nitrogens with one attached hydrogen (secondary N) is 1. The van der Waals surface area contributed by atoms with E-state index in [4.69, 9.17) is 9.88 Å². The predicted octanol–water partition coefficient (Wildman–Crippen LogP) is 0.957. The molecule has 0 saturated carbocycles. The van der Waals surface area contributed by atoms with E-state index in [0.717, 1.165) is 11.0 Å². The average molecular weight is 383 g/mol. The third-order valence-corrected chi connectivity index (χ3v) is 4.11. The van der Waals surface area contributed by atoms with Crippen LogP contribution in [0.15, 0.2) is 23.1 Å². The minimum Gasteiger partial charge on any atom is -0.496 e. The number of ether oxygens (including phenoxy) is 1. The van der Waals surface area contributed by atoms with Gasteiger partial charge in [0, 0.05) is 6.54 Å². The van der Waals surface area contributed by atoms with E-state index >= 15 is 0 Å². The summed E-state index contributed by atoms with van der Waals surface area (Å²) in [6.45, 7) is -0.789. The molecule has 1 aromatic rings. The number of halogens is 3. The van der Waals surface area contributed by atoms with Gasteiger partial charge < -0.3 is 10.1 Å². The number of benzene rings is 1. The number of nitrogens with two attached hydrogens (primary N) is 1. The largest absolute Gasteiger partial charge is 0.496 e. The van der Waals surface area contributed by atoms with Crippen LogP contribution in [0.2, 0.25) is 0 Å². The van der Waals surface area contributed by atoms with Gasteiger partial charge >= 0.3 is 6.18 Å². The van der Waals surface area contributed by atoms with Crippen molar-refractivity contribution in [3.63, 3.8) is 0 Å². The molecule has 7 nitrogen and oxygen atoms in total. The monoisotopic (exact) mass is 383 g/mol. The molecule has 0 saturated heterocycles. The summed E-state index contributed by atoms with van der Waals surface area (Å²) in [5.74, 6) is -0.458. The van der Waals surface area contributed by atoms with Crippen LogP contribution in [0.1, 0.15) is 16.8 Å². The Bertz CT molecular complexity index is 708. The number of sulfonamides is 1. The summed E-state index contributed by atoms with van der Waals surface area (Å²) in [5, 5.41) is 7.53. The molecule has 1 aromatic carbocycles. The molecule has 11 heteroatoms. The topological polar surface area (TPSA) is 102 Å². The zero-order chi connectivity index (χ0) is 19.3. The molecule has 0 aliphatic heterocycles. The van der Waals surface area contributed by atoms with E-state index in [0.29, 0.717) is 0 Å². The van der Waals surface area contributed by atoms with Gasteiger partial charge in [-0.2, -0.15) is 13.2 Å². The Labute approximate surface area is 144 Å². The van der Waals surface area contributed by atoms with Crippen LogP contribution in [-0.4, -0.2) is 59.2 Å². The Morgan fingerprint density at radius 2 is 2.00 bits per heavy atom. The van der Waals surface area contributed by atoms with E-state index in [1.165, 1.54) is 26.3 Å². The third-order valence-electron chi connectivity index (χ3n) is 3.20. The van der Waals surface area contributed by atoms with E-state index < -0.39 is 28.7 Å². The molecular weight excluding hydrogens is 363 g/mol. The standard InChI is InChI=1S/C14H20F3N3O4S/c1-20(9-14(15,16)17)7-3-6-19-13(21)11-8-10(25(18,22)23)4-5-12(11)24-2/h4-5,8H,3,6-7,9H2,1-2H3,(H,19,21)(H2,18,22,23). The maximum atomic E-state index is 12.2. The zero-order valence-electron chi connectivity index (χ0n) is 13.8. The fraction of sp³-hybridized carbons (Fsp3) is 0.500. The third kappa shape index (κ3) is 7.28. The molecule has 0 spiro atoms. The first-order valence-electron chi connectivity index (χ1n) is 7.18. The highest BCUT2D eigenvalue weighted by Gasteiger charge is 2.28. The van der Waals surface area contributed by atoms with Crippen LogP contribution in [0.25, 0.3) is 0 Å². The lowest BCUT2D eigenvalue weighted by Gasteiger charge is -2.18. The first-order valence-corrected chi connectivity index (χ1v) is 8.73. The van der Waals surface area contributed by atoms with Gasteiger partial charge in [-0.1, -0.05) is 0 Å². The van der Waals surface area contributed by atoms with Crippen molar-refractivity contribution in [1.29, 1.82) is 0 Å². The lowest BCUT2D eigenvalue weighted by molar-refractivity contribution is -0.143. The van der Waals surface area contributed by atoms with Gasteiger partial charge in [0.15, 0.2) is 0 Å². The zero-order valence-corrected chi connectivity index (χ0v) is 14.6. The summed E-state index contributed by atoms with van der Waals surface area (Å²) >= 11 is 0.